The number of amides is 1. The predicted molar refractivity (Wildman–Crippen MR) is 105 cm³/mol. The first-order chi connectivity index (χ1) is 12.9. The zero-order valence-corrected chi connectivity index (χ0v) is 17.0. The molecule has 2 fully saturated rings. The number of piperidine rings is 1. The largest absolute Gasteiger partial charge is 0.444 e. The van der Waals surface area contributed by atoms with E-state index in [-0.39, 0.29) is 12.1 Å². The Balaban J connectivity index is 1.76. The molecule has 0 bridgehead atoms. The van der Waals surface area contributed by atoms with Crippen LogP contribution in [-0.4, -0.2) is 62.2 Å². The monoisotopic (exact) mass is 378 g/mol. The molecule has 152 valence electrons. The number of ether oxygens (including phenoxy) is 3. The fourth-order valence-electron chi connectivity index (χ4n) is 3.24. The Hall–Kier alpha value is -1.71. The Morgan fingerprint density at radius 1 is 1.22 bits per heavy atom. The summed E-state index contributed by atoms with van der Waals surface area (Å²) in [6.07, 6.45) is 10.3. The molecule has 1 N–H and O–H groups in total. The molecule has 0 aromatic rings. The maximum atomic E-state index is 12.0. The molecule has 2 aliphatic rings. The minimum atomic E-state index is -0.464. The van der Waals surface area contributed by atoms with E-state index in [4.69, 9.17) is 20.6 Å². The molecule has 27 heavy (non-hydrogen) atoms. The van der Waals surface area contributed by atoms with Crippen molar-refractivity contribution in [3.63, 3.8) is 0 Å². The molecule has 0 unspecified atom stereocenters. The second-order valence-electron chi connectivity index (χ2n) is 8.12. The fourth-order valence-corrected chi connectivity index (χ4v) is 3.24. The number of nitrogens with one attached hydrogen (secondary N) is 1. The van der Waals surface area contributed by atoms with E-state index in [1.165, 1.54) is 30.5 Å². The summed E-state index contributed by atoms with van der Waals surface area (Å²) in [6, 6.07) is 0.168. The Morgan fingerprint density at radius 3 is 2.44 bits per heavy atom. The third-order valence-corrected chi connectivity index (χ3v) is 4.76. The molecular formula is C21H34N2O4. The minimum Gasteiger partial charge on any atom is -0.444 e. The quantitative estimate of drug-likeness (QED) is 0.520. The van der Waals surface area contributed by atoms with Gasteiger partial charge in [0, 0.05) is 24.8 Å². The first-order valence-corrected chi connectivity index (χ1v) is 9.93. The van der Waals surface area contributed by atoms with E-state index in [2.05, 4.69) is 16.1 Å². The lowest BCUT2D eigenvalue weighted by atomic mass is 9.89. The minimum absolute atomic E-state index is 0.168. The second-order valence-corrected chi connectivity index (χ2v) is 8.12. The highest BCUT2D eigenvalue weighted by Gasteiger charge is 2.26. The summed E-state index contributed by atoms with van der Waals surface area (Å²) in [4.78, 5) is 14.4. The normalized spacial score (nSPS) is 17.9. The third-order valence-electron chi connectivity index (χ3n) is 4.76. The van der Waals surface area contributed by atoms with Crippen LogP contribution in [0.25, 0.3) is 0 Å². The maximum absolute atomic E-state index is 12.0. The number of carbonyl (C=O) groups excluding carboxylic acids is 1. The van der Waals surface area contributed by atoms with Crippen LogP contribution in [0.1, 0.15) is 52.9 Å². The molecule has 1 saturated heterocycles. The number of terminal acetylenes is 1. The summed E-state index contributed by atoms with van der Waals surface area (Å²) < 4.78 is 16.4. The maximum Gasteiger partial charge on any atom is 0.407 e. The van der Waals surface area contributed by atoms with Gasteiger partial charge in [0.15, 0.2) is 0 Å². The zero-order valence-electron chi connectivity index (χ0n) is 17.0. The van der Waals surface area contributed by atoms with E-state index >= 15 is 0 Å². The highest BCUT2D eigenvalue weighted by Crippen LogP contribution is 2.31. The van der Waals surface area contributed by atoms with E-state index in [9.17, 15) is 4.79 Å². The zero-order chi connectivity index (χ0) is 19.7. The predicted octanol–water partition coefficient (Wildman–Crippen LogP) is 3.08. The molecule has 0 aromatic carbocycles. The fraction of sp³-hybridized carbons (Fsp3) is 0.762. The van der Waals surface area contributed by atoms with Gasteiger partial charge in [-0.25, -0.2) is 4.79 Å². The van der Waals surface area contributed by atoms with Gasteiger partial charge in [-0.2, -0.15) is 0 Å². The highest BCUT2D eigenvalue weighted by atomic mass is 16.6. The Bertz CT molecular complexity index is 546. The van der Waals surface area contributed by atoms with Gasteiger partial charge in [-0.05, 0) is 58.4 Å². The molecule has 6 heteroatoms. The topological polar surface area (TPSA) is 60.0 Å². The molecule has 1 aliphatic carbocycles. The standard InChI is InChI=1S/C21H34N2O4/c1-5-13-25-14-15-26-16-19(17-7-6-8-17)23-11-9-18(10-12-23)22-20(24)27-21(2,3)4/h1,18H,6-16H2,2-4H3,(H,22,24). The molecule has 1 heterocycles. The van der Waals surface area contributed by atoms with Gasteiger partial charge in [0.1, 0.15) is 12.2 Å². The number of allylic oxidation sites excluding steroid dienone is 1. The van der Waals surface area contributed by atoms with Gasteiger partial charge in [-0.1, -0.05) is 5.92 Å². The van der Waals surface area contributed by atoms with Crippen molar-refractivity contribution in [3.05, 3.63) is 11.3 Å². The van der Waals surface area contributed by atoms with Crippen molar-refractivity contribution >= 4 is 6.09 Å². The van der Waals surface area contributed by atoms with Crippen molar-refractivity contribution in [2.45, 2.75) is 64.5 Å². The van der Waals surface area contributed by atoms with Crippen LogP contribution in [0.4, 0.5) is 4.79 Å². The number of carbonyl (C=O) groups is 1. The molecule has 1 saturated carbocycles. The first kappa shape index (κ1) is 21.6. The van der Waals surface area contributed by atoms with Crippen LogP contribution in [0.2, 0.25) is 0 Å². The molecule has 1 amide bonds. The summed E-state index contributed by atoms with van der Waals surface area (Å²) in [7, 11) is 0. The van der Waals surface area contributed by atoms with Crippen LogP contribution >= 0.6 is 0 Å². The van der Waals surface area contributed by atoms with Gasteiger partial charge in [0.05, 0.1) is 19.8 Å². The van der Waals surface area contributed by atoms with Crippen molar-refractivity contribution in [2.75, 3.05) is 39.5 Å². The molecule has 0 radical (unpaired) electrons. The number of nitrogens with zero attached hydrogens (tertiary/aromatic N) is 1. The van der Waals surface area contributed by atoms with Crippen LogP contribution in [0.15, 0.2) is 11.3 Å². The number of hydrogen-bond acceptors (Lipinski definition) is 5. The van der Waals surface area contributed by atoms with Crippen LogP contribution < -0.4 is 5.32 Å². The SMILES string of the molecule is C#CCOCCOCC(=C1CCC1)N1CCC(NC(=O)OC(C)(C)C)CC1. The van der Waals surface area contributed by atoms with Gasteiger partial charge in [0.2, 0.25) is 0 Å². The van der Waals surface area contributed by atoms with E-state index in [1.54, 1.807) is 0 Å². The number of hydrogen-bond donors (Lipinski definition) is 1. The Morgan fingerprint density at radius 2 is 1.89 bits per heavy atom. The van der Waals surface area contributed by atoms with Crippen molar-refractivity contribution in [3.8, 4) is 12.3 Å². The van der Waals surface area contributed by atoms with Crippen LogP contribution in [0, 0.1) is 12.3 Å². The van der Waals surface area contributed by atoms with Crippen LogP contribution in [0.3, 0.4) is 0 Å². The lowest BCUT2D eigenvalue weighted by molar-refractivity contribution is 0.0466. The van der Waals surface area contributed by atoms with Crippen molar-refractivity contribution in [1.82, 2.24) is 10.2 Å². The number of alkyl carbamates (subject to hydrolysis) is 1. The molecule has 6 nitrogen and oxygen atoms in total. The van der Waals surface area contributed by atoms with Gasteiger partial charge < -0.3 is 24.4 Å². The van der Waals surface area contributed by atoms with Crippen molar-refractivity contribution in [2.24, 2.45) is 0 Å². The molecule has 0 aromatic heterocycles. The summed E-state index contributed by atoms with van der Waals surface area (Å²) >= 11 is 0. The average Bonchev–Trinajstić information content (AvgIpc) is 2.54. The van der Waals surface area contributed by atoms with Crippen LogP contribution in [-0.2, 0) is 14.2 Å². The van der Waals surface area contributed by atoms with Gasteiger partial charge >= 0.3 is 6.09 Å². The summed E-state index contributed by atoms with van der Waals surface area (Å²) in [5.74, 6) is 2.45. The summed E-state index contributed by atoms with van der Waals surface area (Å²) in [6.45, 7) is 9.52. The molecule has 0 spiro atoms. The van der Waals surface area contributed by atoms with Gasteiger partial charge in [0.25, 0.3) is 0 Å². The van der Waals surface area contributed by atoms with E-state index in [0.717, 1.165) is 25.9 Å². The summed E-state index contributed by atoms with van der Waals surface area (Å²) in [5, 5.41) is 3.00. The van der Waals surface area contributed by atoms with Crippen LogP contribution in [0.5, 0.6) is 0 Å². The van der Waals surface area contributed by atoms with E-state index in [0.29, 0.717) is 26.4 Å². The average molecular weight is 379 g/mol. The number of likely N-dealkylation sites (tertiary alicyclic amines) is 1. The summed E-state index contributed by atoms with van der Waals surface area (Å²) in [5.41, 5.74) is 2.38. The third kappa shape index (κ3) is 7.82. The lowest BCUT2D eigenvalue weighted by Crippen LogP contribution is -2.46. The van der Waals surface area contributed by atoms with Crippen molar-refractivity contribution in [1.29, 1.82) is 0 Å². The molecule has 0 atom stereocenters. The van der Waals surface area contributed by atoms with E-state index in [1.807, 2.05) is 20.8 Å². The Kier molecular flexibility index (Phi) is 8.46. The first-order valence-electron chi connectivity index (χ1n) is 9.93. The molecule has 1 aliphatic heterocycles. The number of rotatable bonds is 8. The highest BCUT2D eigenvalue weighted by molar-refractivity contribution is 5.68. The smallest absolute Gasteiger partial charge is 0.407 e. The Labute approximate surface area is 163 Å². The molecular weight excluding hydrogens is 344 g/mol. The molecule has 2 rings (SSSR count). The van der Waals surface area contributed by atoms with Gasteiger partial charge in [-0.15, -0.1) is 6.42 Å². The second kappa shape index (κ2) is 10.6. The lowest BCUT2D eigenvalue weighted by Gasteiger charge is -2.38. The van der Waals surface area contributed by atoms with Crippen molar-refractivity contribution < 1.29 is 19.0 Å². The van der Waals surface area contributed by atoms with E-state index < -0.39 is 5.60 Å². The van der Waals surface area contributed by atoms with Gasteiger partial charge in [-0.3, -0.25) is 0 Å².